The van der Waals surface area contributed by atoms with Gasteiger partial charge in [0.15, 0.2) is 0 Å². The monoisotopic (exact) mass is 271 g/mol. The van der Waals surface area contributed by atoms with Gasteiger partial charge in [0.1, 0.15) is 5.69 Å². The Kier molecular flexibility index (Phi) is 3.52. The zero-order valence-electron chi connectivity index (χ0n) is 11.4. The van der Waals surface area contributed by atoms with Gasteiger partial charge < -0.3 is 14.1 Å². The first-order valence-corrected chi connectivity index (χ1v) is 6.85. The molecule has 0 saturated heterocycles. The lowest BCUT2D eigenvalue weighted by Gasteiger charge is -2.05. The number of aliphatic hydroxyl groups excluding tert-OH is 1. The molecule has 104 valence electrons. The summed E-state index contributed by atoms with van der Waals surface area (Å²) in [6, 6.07) is 10.1. The minimum atomic E-state index is 0.0711. The van der Waals surface area contributed by atoms with E-state index in [1.165, 1.54) is 0 Å². The first-order valence-electron chi connectivity index (χ1n) is 6.85. The van der Waals surface area contributed by atoms with E-state index in [0.29, 0.717) is 18.3 Å². The van der Waals surface area contributed by atoms with Crippen molar-refractivity contribution in [1.29, 1.82) is 0 Å². The van der Waals surface area contributed by atoms with E-state index in [4.69, 9.17) is 4.42 Å². The highest BCUT2D eigenvalue weighted by Crippen LogP contribution is 2.27. The van der Waals surface area contributed by atoms with Crippen LogP contribution in [0.25, 0.3) is 22.5 Å². The molecule has 3 aromatic rings. The minimum absolute atomic E-state index is 0.0711. The summed E-state index contributed by atoms with van der Waals surface area (Å²) in [5, 5.41) is 18.6. The summed E-state index contributed by atoms with van der Waals surface area (Å²) in [5.74, 6) is 1.17. The Balaban J connectivity index is 2.11. The third kappa shape index (κ3) is 2.20. The molecule has 2 heterocycles. The molecule has 0 saturated carbocycles. The maximum absolute atomic E-state index is 9.27. The van der Waals surface area contributed by atoms with Crippen LogP contribution in [0.4, 0.5) is 0 Å². The Hall–Kier alpha value is -2.14. The highest BCUT2D eigenvalue weighted by Gasteiger charge is 2.15. The molecule has 0 spiro atoms. The number of hydrogen-bond acceptors (Lipinski definition) is 4. The number of rotatable bonds is 5. The molecular weight excluding hydrogens is 254 g/mol. The van der Waals surface area contributed by atoms with Crippen LogP contribution in [0.15, 0.2) is 34.7 Å². The quantitative estimate of drug-likeness (QED) is 0.774. The molecule has 0 bridgehead atoms. The van der Waals surface area contributed by atoms with Crippen LogP contribution in [0.3, 0.4) is 0 Å². The van der Waals surface area contributed by atoms with E-state index in [0.717, 1.165) is 29.4 Å². The van der Waals surface area contributed by atoms with Crippen molar-refractivity contribution in [2.24, 2.45) is 0 Å². The third-order valence-corrected chi connectivity index (χ3v) is 3.28. The van der Waals surface area contributed by atoms with Crippen LogP contribution in [0.5, 0.6) is 0 Å². The summed E-state index contributed by atoms with van der Waals surface area (Å²) in [4.78, 5) is 0. The molecule has 3 rings (SSSR count). The van der Waals surface area contributed by atoms with Crippen LogP contribution in [0, 0.1) is 0 Å². The maximum Gasteiger partial charge on any atom is 0.264 e. The van der Waals surface area contributed by atoms with Gasteiger partial charge in [0.2, 0.25) is 5.89 Å². The van der Waals surface area contributed by atoms with Gasteiger partial charge in [0.05, 0.1) is 6.61 Å². The fourth-order valence-electron chi connectivity index (χ4n) is 2.40. The molecule has 1 N–H and O–H groups in total. The Morgan fingerprint density at radius 3 is 2.90 bits per heavy atom. The maximum atomic E-state index is 9.27. The Labute approximate surface area is 116 Å². The van der Waals surface area contributed by atoms with Gasteiger partial charge in [0.25, 0.3) is 5.89 Å². The number of nitrogens with zero attached hydrogens (tertiary/aromatic N) is 3. The number of aromatic nitrogens is 3. The number of aryl methyl sites for hydroxylation is 1. The number of aliphatic hydroxyl groups is 1. The number of fused-ring (bicyclic) bond motifs is 1. The Morgan fingerprint density at radius 1 is 1.25 bits per heavy atom. The summed E-state index contributed by atoms with van der Waals surface area (Å²) >= 11 is 0. The lowest BCUT2D eigenvalue weighted by Crippen LogP contribution is -2.03. The van der Waals surface area contributed by atoms with Gasteiger partial charge in [-0.3, -0.25) is 0 Å². The molecule has 0 aliphatic carbocycles. The van der Waals surface area contributed by atoms with Gasteiger partial charge in [-0.15, -0.1) is 10.2 Å². The largest absolute Gasteiger partial charge is 0.419 e. The molecule has 1 aromatic carbocycles. The van der Waals surface area contributed by atoms with Crippen molar-refractivity contribution in [2.75, 3.05) is 6.61 Å². The zero-order valence-corrected chi connectivity index (χ0v) is 11.4. The molecule has 0 amide bonds. The second-order valence-electron chi connectivity index (χ2n) is 4.71. The van der Waals surface area contributed by atoms with Crippen molar-refractivity contribution in [3.8, 4) is 11.6 Å². The topological polar surface area (TPSA) is 64.1 Å². The highest BCUT2D eigenvalue weighted by molar-refractivity contribution is 5.85. The molecule has 0 radical (unpaired) electrons. The zero-order chi connectivity index (χ0) is 13.9. The first kappa shape index (κ1) is 12.9. The molecule has 0 atom stereocenters. The van der Waals surface area contributed by atoms with Crippen LogP contribution in [-0.2, 0) is 13.0 Å². The molecule has 5 nitrogen and oxygen atoms in total. The van der Waals surface area contributed by atoms with Gasteiger partial charge in [-0.25, -0.2) is 0 Å². The average Bonchev–Trinajstić information content (AvgIpc) is 3.05. The van der Waals surface area contributed by atoms with E-state index < -0.39 is 0 Å². The van der Waals surface area contributed by atoms with E-state index in [1.807, 2.05) is 34.9 Å². The van der Waals surface area contributed by atoms with Gasteiger partial charge in [-0.05, 0) is 18.6 Å². The SMILES string of the molecule is CCCc1nnc(-c2cc3ccccc3n2CCO)o1. The molecule has 0 fully saturated rings. The smallest absolute Gasteiger partial charge is 0.264 e. The standard InChI is InChI=1S/C15H17N3O2/c1-2-5-14-16-17-15(20-14)13-10-11-6-3-4-7-12(11)18(13)8-9-19/h3-4,6-7,10,19H,2,5,8-9H2,1H3. The van der Waals surface area contributed by atoms with E-state index in [9.17, 15) is 5.11 Å². The Morgan fingerprint density at radius 2 is 2.10 bits per heavy atom. The minimum Gasteiger partial charge on any atom is -0.419 e. The average molecular weight is 271 g/mol. The van der Waals surface area contributed by atoms with E-state index in [-0.39, 0.29) is 6.61 Å². The van der Waals surface area contributed by atoms with Crippen molar-refractivity contribution >= 4 is 10.9 Å². The second kappa shape index (κ2) is 5.46. The summed E-state index contributed by atoms with van der Waals surface area (Å²) < 4.78 is 7.71. The molecular formula is C15H17N3O2. The van der Waals surface area contributed by atoms with Gasteiger partial charge in [-0.1, -0.05) is 25.1 Å². The fourth-order valence-corrected chi connectivity index (χ4v) is 2.40. The summed E-state index contributed by atoms with van der Waals surface area (Å²) in [6.07, 6.45) is 1.76. The third-order valence-electron chi connectivity index (χ3n) is 3.28. The Bertz CT molecular complexity index is 715. The summed E-state index contributed by atoms with van der Waals surface area (Å²) in [5.41, 5.74) is 1.92. The molecule has 0 unspecified atom stereocenters. The van der Waals surface area contributed by atoms with Crippen LogP contribution < -0.4 is 0 Å². The predicted octanol–water partition coefficient (Wildman–Crippen LogP) is 2.64. The van der Waals surface area contributed by atoms with Crippen molar-refractivity contribution in [2.45, 2.75) is 26.3 Å². The number of hydrogen-bond donors (Lipinski definition) is 1. The van der Waals surface area contributed by atoms with Crippen LogP contribution >= 0.6 is 0 Å². The number of benzene rings is 1. The fraction of sp³-hybridized carbons (Fsp3) is 0.333. The van der Waals surface area contributed by atoms with Crippen LogP contribution in [0.1, 0.15) is 19.2 Å². The van der Waals surface area contributed by atoms with E-state index >= 15 is 0 Å². The van der Waals surface area contributed by atoms with Crippen molar-refractivity contribution < 1.29 is 9.52 Å². The molecule has 2 aromatic heterocycles. The highest BCUT2D eigenvalue weighted by atomic mass is 16.4. The van der Waals surface area contributed by atoms with Crippen LogP contribution in [-0.4, -0.2) is 26.5 Å². The van der Waals surface area contributed by atoms with Crippen LogP contribution in [0.2, 0.25) is 0 Å². The normalized spacial score (nSPS) is 11.3. The molecule has 20 heavy (non-hydrogen) atoms. The predicted molar refractivity (Wildman–Crippen MR) is 76.3 cm³/mol. The van der Waals surface area contributed by atoms with Crippen molar-refractivity contribution in [3.05, 3.63) is 36.2 Å². The van der Waals surface area contributed by atoms with Crippen molar-refractivity contribution in [3.63, 3.8) is 0 Å². The molecule has 0 aliphatic rings. The van der Waals surface area contributed by atoms with E-state index in [2.05, 4.69) is 17.1 Å². The van der Waals surface area contributed by atoms with Gasteiger partial charge in [0, 0.05) is 23.9 Å². The molecule has 0 aliphatic heterocycles. The van der Waals surface area contributed by atoms with E-state index in [1.54, 1.807) is 0 Å². The summed E-state index contributed by atoms with van der Waals surface area (Å²) in [6.45, 7) is 2.66. The number of para-hydroxylation sites is 1. The first-order chi connectivity index (χ1) is 9.83. The molecule has 5 heteroatoms. The lowest BCUT2D eigenvalue weighted by atomic mass is 10.2. The second-order valence-corrected chi connectivity index (χ2v) is 4.71. The van der Waals surface area contributed by atoms with Gasteiger partial charge >= 0.3 is 0 Å². The lowest BCUT2D eigenvalue weighted by molar-refractivity contribution is 0.278. The van der Waals surface area contributed by atoms with Crippen molar-refractivity contribution in [1.82, 2.24) is 14.8 Å². The summed E-state index contributed by atoms with van der Waals surface area (Å²) in [7, 11) is 0. The van der Waals surface area contributed by atoms with Gasteiger partial charge in [-0.2, -0.15) is 0 Å².